The second-order valence-corrected chi connectivity index (χ2v) is 4.31. The Labute approximate surface area is 112 Å². The van der Waals surface area contributed by atoms with E-state index in [0.717, 1.165) is 11.8 Å². The Bertz CT molecular complexity index is 497. The number of ether oxygens (including phenoxy) is 1. The molecule has 0 radical (unpaired) electrons. The van der Waals surface area contributed by atoms with Crippen molar-refractivity contribution in [1.29, 1.82) is 0 Å². The largest absolute Gasteiger partial charge is 0.460 e. The van der Waals surface area contributed by atoms with Crippen LogP contribution in [-0.4, -0.2) is 24.6 Å². The van der Waals surface area contributed by atoms with Crippen LogP contribution in [0.15, 0.2) is 23.1 Å². The molecule has 0 heterocycles. The van der Waals surface area contributed by atoms with Crippen LogP contribution in [0.1, 0.15) is 22.8 Å². The number of carbonyl (C=O) groups is 2. The van der Waals surface area contributed by atoms with Crippen molar-refractivity contribution in [3.63, 3.8) is 0 Å². The summed E-state index contributed by atoms with van der Waals surface area (Å²) in [5.74, 6) is -2.24. The molecule has 0 fully saturated rings. The summed E-state index contributed by atoms with van der Waals surface area (Å²) < 4.78 is 42.8. The van der Waals surface area contributed by atoms with Gasteiger partial charge in [-0.25, -0.2) is 4.79 Å². The summed E-state index contributed by atoms with van der Waals surface area (Å²) in [6, 6.07) is 3.02. The smallest absolute Gasteiger partial charge is 0.417 e. The summed E-state index contributed by atoms with van der Waals surface area (Å²) in [4.78, 5) is 22.8. The second-order valence-electron chi connectivity index (χ2n) is 3.46. The maximum atomic E-state index is 12.8. The molecule has 0 atom stereocenters. The molecule has 0 aromatic heterocycles. The molecular formula is C12H11F3O3S. The third-order valence-electron chi connectivity index (χ3n) is 2.23. The van der Waals surface area contributed by atoms with E-state index in [4.69, 9.17) is 0 Å². The van der Waals surface area contributed by atoms with Gasteiger partial charge in [-0.15, -0.1) is 11.8 Å². The maximum absolute atomic E-state index is 12.8. The van der Waals surface area contributed by atoms with E-state index in [9.17, 15) is 22.8 Å². The number of Topliss-reactive ketones (excluding diaryl/α,β-unsaturated/α-hetero) is 1. The van der Waals surface area contributed by atoms with Crippen molar-refractivity contribution in [2.24, 2.45) is 0 Å². The molecule has 0 aliphatic carbocycles. The van der Waals surface area contributed by atoms with Gasteiger partial charge in [0.1, 0.15) is 0 Å². The van der Waals surface area contributed by atoms with Crippen LogP contribution in [0.25, 0.3) is 0 Å². The highest BCUT2D eigenvalue weighted by Gasteiger charge is 2.34. The minimum Gasteiger partial charge on any atom is -0.460 e. The normalized spacial score (nSPS) is 11.2. The lowest BCUT2D eigenvalue weighted by molar-refractivity contribution is -0.140. The first kappa shape index (κ1) is 15.6. The molecule has 0 unspecified atom stereocenters. The van der Waals surface area contributed by atoms with E-state index in [1.807, 2.05) is 0 Å². The number of esters is 1. The van der Waals surface area contributed by atoms with Gasteiger partial charge >= 0.3 is 12.1 Å². The number of halogens is 3. The van der Waals surface area contributed by atoms with Crippen molar-refractivity contribution in [3.05, 3.63) is 29.3 Å². The molecule has 0 saturated heterocycles. The second kappa shape index (κ2) is 6.10. The van der Waals surface area contributed by atoms with Crippen LogP contribution in [0, 0.1) is 0 Å². The van der Waals surface area contributed by atoms with Crippen LogP contribution < -0.4 is 0 Å². The lowest BCUT2D eigenvalue weighted by Gasteiger charge is -2.12. The summed E-state index contributed by atoms with van der Waals surface area (Å²) in [5, 5.41) is 0. The van der Waals surface area contributed by atoms with Crippen LogP contribution in [0.5, 0.6) is 0 Å². The van der Waals surface area contributed by atoms with Gasteiger partial charge in [0.2, 0.25) is 0 Å². The fraction of sp³-hybridized carbons (Fsp3) is 0.333. The first-order valence-electron chi connectivity index (χ1n) is 5.28. The van der Waals surface area contributed by atoms with E-state index >= 15 is 0 Å². The van der Waals surface area contributed by atoms with Crippen molar-refractivity contribution < 1.29 is 27.5 Å². The number of alkyl halides is 3. The monoisotopic (exact) mass is 292 g/mol. The number of rotatable bonds is 4. The summed E-state index contributed by atoms with van der Waals surface area (Å²) in [6.45, 7) is 1.49. The summed E-state index contributed by atoms with van der Waals surface area (Å²) >= 11 is 0.914. The predicted molar refractivity (Wildman–Crippen MR) is 64.2 cm³/mol. The Balaban J connectivity index is 3.19. The molecule has 1 aromatic rings. The highest BCUT2D eigenvalue weighted by Crippen LogP contribution is 2.36. The van der Waals surface area contributed by atoms with Crippen LogP contribution in [0.3, 0.4) is 0 Å². The number of carbonyl (C=O) groups excluding carboxylic acids is 2. The third kappa shape index (κ3) is 3.73. The summed E-state index contributed by atoms with van der Waals surface area (Å²) in [7, 11) is 0. The van der Waals surface area contributed by atoms with Gasteiger partial charge in [0.15, 0.2) is 0 Å². The molecule has 104 valence electrons. The van der Waals surface area contributed by atoms with Gasteiger partial charge < -0.3 is 4.74 Å². The molecule has 1 aromatic carbocycles. The Morgan fingerprint density at radius 2 is 1.95 bits per heavy atom. The highest BCUT2D eigenvalue weighted by atomic mass is 32.2. The molecule has 0 aliphatic rings. The standard InChI is InChI=1S/C12H11F3O3S/c1-3-18-11(17)10(16)7-4-5-9(19-2)8(6-7)12(13,14)15/h4-6H,3H2,1-2H3. The molecule has 0 spiro atoms. The Morgan fingerprint density at radius 3 is 2.42 bits per heavy atom. The average molecular weight is 292 g/mol. The van der Waals surface area contributed by atoms with Crippen LogP contribution in [0.4, 0.5) is 13.2 Å². The van der Waals surface area contributed by atoms with Gasteiger partial charge in [-0.05, 0) is 31.4 Å². The SMILES string of the molecule is CCOC(=O)C(=O)c1ccc(SC)c(C(F)(F)F)c1. The molecular weight excluding hydrogens is 281 g/mol. The molecule has 19 heavy (non-hydrogen) atoms. The fourth-order valence-corrected chi connectivity index (χ4v) is 1.98. The van der Waals surface area contributed by atoms with E-state index in [1.54, 1.807) is 0 Å². The van der Waals surface area contributed by atoms with E-state index in [-0.39, 0.29) is 17.1 Å². The molecule has 0 aliphatic heterocycles. The van der Waals surface area contributed by atoms with Crippen molar-refractivity contribution in [2.75, 3.05) is 12.9 Å². The molecule has 0 saturated carbocycles. The number of thioether (sulfide) groups is 1. The van der Waals surface area contributed by atoms with Crippen LogP contribution in [0.2, 0.25) is 0 Å². The van der Waals surface area contributed by atoms with Crippen molar-refractivity contribution >= 4 is 23.5 Å². The first-order valence-corrected chi connectivity index (χ1v) is 6.50. The highest BCUT2D eigenvalue weighted by molar-refractivity contribution is 7.98. The minimum absolute atomic E-state index is 0.00657. The Kier molecular flexibility index (Phi) is 4.99. The van der Waals surface area contributed by atoms with E-state index in [2.05, 4.69) is 4.74 Å². The Morgan fingerprint density at radius 1 is 1.32 bits per heavy atom. The summed E-state index contributed by atoms with van der Waals surface area (Å²) in [6.07, 6.45) is -3.08. The number of hydrogen-bond acceptors (Lipinski definition) is 4. The average Bonchev–Trinajstić information content (AvgIpc) is 2.36. The van der Waals surface area contributed by atoms with Crippen molar-refractivity contribution in [2.45, 2.75) is 18.0 Å². The zero-order valence-corrected chi connectivity index (χ0v) is 11.0. The lowest BCUT2D eigenvalue weighted by Crippen LogP contribution is -2.18. The van der Waals surface area contributed by atoms with Crippen molar-refractivity contribution in [3.8, 4) is 0 Å². The number of ketones is 1. The van der Waals surface area contributed by atoms with E-state index in [1.165, 1.54) is 25.3 Å². The molecule has 0 N–H and O–H groups in total. The van der Waals surface area contributed by atoms with Crippen LogP contribution >= 0.6 is 11.8 Å². The van der Waals surface area contributed by atoms with E-state index in [0.29, 0.717) is 6.07 Å². The number of hydrogen-bond donors (Lipinski definition) is 0. The molecule has 0 bridgehead atoms. The number of benzene rings is 1. The van der Waals surface area contributed by atoms with Crippen molar-refractivity contribution in [1.82, 2.24) is 0 Å². The topological polar surface area (TPSA) is 43.4 Å². The Hall–Kier alpha value is -1.50. The third-order valence-corrected chi connectivity index (χ3v) is 3.02. The van der Waals surface area contributed by atoms with Gasteiger partial charge in [-0.3, -0.25) is 4.79 Å². The molecule has 0 amide bonds. The lowest BCUT2D eigenvalue weighted by atomic mass is 10.1. The van der Waals surface area contributed by atoms with Gasteiger partial charge in [0, 0.05) is 10.5 Å². The fourth-order valence-electron chi connectivity index (χ4n) is 1.39. The van der Waals surface area contributed by atoms with Gasteiger partial charge in [-0.1, -0.05) is 0 Å². The first-order chi connectivity index (χ1) is 8.81. The van der Waals surface area contributed by atoms with Gasteiger partial charge in [-0.2, -0.15) is 13.2 Å². The van der Waals surface area contributed by atoms with Crippen LogP contribution in [-0.2, 0) is 15.7 Å². The zero-order chi connectivity index (χ0) is 14.6. The quantitative estimate of drug-likeness (QED) is 0.370. The van der Waals surface area contributed by atoms with Gasteiger partial charge in [0.05, 0.1) is 12.2 Å². The molecule has 7 heteroatoms. The zero-order valence-electron chi connectivity index (χ0n) is 10.2. The maximum Gasteiger partial charge on any atom is 0.417 e. The van der Waals surface area contributed by atoms with E-state index < -0.39 is 23.5 Å². The minimum atomic E-state index is -4.58. The summed E-state index contributed by atoms with van der Waals surface area (Å²) in [5.41, 5.74) is -1.27. The molecule has 1 rings (SSSR count). The van der Waals surface area contributed by atoms with Gasteiger partial charge in [0.25, 0.3) is 5.78 Å². The predicted octanol–water partition coefficient (Wildman–Crippen LogP) is 3.17. The molecule has 3 nitrogen and oxygen atoms in total.